The van der Waals surface area contributed by atoms with Crippen LogP contribution in [0.5, 0.6) is 5.75 Å². The minimum atomic E-state index is -4.76. The molecule has 1 aromatic rings. The molecule has 0 aliphatic rings. The summed E-state index contributed by atoms with van der Waals surface area (Å²) >= 11 is 3.03. The number of nitrogens with one attached hydrogen (secondary N) is 1. The third-order valence-electron chi connectivity index (χ3n) is 1.53. The van der Waals surface area contributed by atoms with Gasteiger partial charge in [0, 0.05) is 4.47 Å². The van der Waals surface area contributed by atoms with E-state index in [2.05, 4.69) is 26.0 Å². The van der Waals surface area contributed by atoms with Crippen LogP contribution in [0, 0.1) is 11.3 Å². The van der Waals surface area contributed by atoms with E-state index < -0.39 is 6.36 Å². The van der Waals surface area contributed by atoms with Gasteiger partial charge in [0.25, 0.3) is 0 Å². The van der Waals surface area contributed by atoms with Crippen LogP contribution in [0.3, 0.4) is 0 Å². The normalized spacial score (nSPS) is 10.7. The Morgan fingerprint density at radius 3 is 2.69 bits per heavy atom. The molecule has 0 heterocycles. The van der Waals surface area contributed by atoms with E-state index in [-0.39, 0.29) is 18.0 Å². The van der Waals surface area contributed by atoms with Crippen LogP contribution in [0.15, 0.2) is 22.7 Å². The first kappa shape index (κ1) is 12.6. The van der Waals surface area contributed by atoms with Crippen LogP contribution in [-0.4, -0.2) is 12.9 Å². The molecule has 0 saturated heterocycles. The Morgan fingerprint density at radius 2 is 2.12 bits per heavy atom. The summed E-state index contributed by atoms with van der Waals surface area (Å²) in [6.45, 7) is -0.101. The minimum absolute atomic E-state index is 0.101. The fourth-order valence-corrected chi connectivity index (χ4v) is 1.33. The molecular weight excluding hydrogens is 289 g/mol. The molecule has 0 aliphatic heterocycles. The van der Waals surface area contributed by atoms with Crippen molar-refractivity contribution in [1.29, 1.82) is 5.26 Å². The molecule has 0 saturated carbocycles. The number of hydrogen-bond donors (Lipinski definition) is 1. The zero-order valence-electron chi connectivity index (χ0n) is 7.81. The smallest absolute Gasteiger partial charge is 0.404 e. The maximum Gasteiger partial charge on any atom is 0.573 e. The summed E-state index contributed by atoms with van der Waals surface area (Å²) in [5.41, 5.74) is 0.113. The van der Waals surface area contributed by atoms with Crippen molar-refractivity contribution in [2.75, 3.05) is 11.9 Å². The van der Waals surface area contributed by atoms with Crippen LogP contribution in [0.25, 0.3) is 0 Å². The first-order chi connectivity index (χ1) is 7.42. The summed E-state index contributed by atoms with van der Waals surface area (Å²) in [7, 11) is 0. The first-order valence-corrected chi connectivity index (χ1v) is 4.88. The van der Waals surface area contributed by atoms with Gasteiger partial charge in [-0.2, -0.15) is 5.26 Å². The Kier molecular flexibility index (Phi) is 4.01. The molecule has 0 radical (unpaired) electrons. The number of hydrogen-bond acceptors (Lipinski definition) is 3. The molecule has 1 N–H and O–H groups in total. The number of nitrogens with zero attached hydrogens (tertiary/aromatic N) is 1. The quantitative estimate of drug-likeness (QED) is 0.870. The number of halogens is 4. The number of alkyl halides is 3. The van der Waals surface area contributed by atoms with Crippen molar-refractivity contribution >= 4 is 21.6 Å². The van der Waals surface area contributed by atoms with Crippen molar-refractivity contribution in [1.82, 2.24) is 0 Å². The van der Waals surface area contributed by atoms with E-state index in [0.29, 0.717) is 4.47 Å². The van der Waals surface area contributed by atoms with Gasteiger partial charge in [0.1, 0.15) is 6.54 Å². The summed E-state index contributed by atoms with van der Waals surface area (Å²) < 4.78 is 40.4. The Balaban J connectivity index is 2.95. The van der Waals surface area contributed by atoms with E-state index >= 15 is 0 Å². The molecular formula is C9H6BrF3N2O. The summed E-state index contributed by atoms with van der Waals surface area (Å²) in [5.74, 6) is -0.378. The highest BCUT2D eigenvalue weighted by Gasteiger charge is 2.32. The molecule has 0 fully saturated rings. The van der Waals surface area contributed by atoms with Crippen LogP contribution < -0.4 is 10.1 Å². The van der Waals surface area contributed by atoms with E-state index in [4.69, 9.17) is 5.26 Å². The average Bonchev–Trinajstić information content (AvgIpc) is 2.14. The van der Waals surface area contributed by atoms with Crippen molar-refractivity contribution in [2.45, 2.75) is 6.36 Å². The van der Waals surface area contributed by atoms with E-state index in [1.54, 1.807) is 12.1 Å². The van der Waals surface area contributed by atoms with Gasteiger partial charge >= 0.3 is 6.36 Å². The number of benzene rings is 1. The topological polar surface area (TPSA) is 45.0 Å². The zero-order chi connectivity index (χ0) is 12.2. The third-order valence-corrected chi connectivity index (χ3v) is 2.02. The van der Waals surface area contributed by atoms with Gasteiger partial charge in [-0.3, -0.25) is 0 Å². The second-order valence-electron chi connectivity index (χ2n) is 2.70. The van der Waals surface area contributed by atoms with Gasteiger partial charge in [-0.05, 0) is 18.2 Å². The van der Waals surface area contributed by atoms with Crippen molar-refractivity contribution < 1.29 is 17.9 Å². The predicted molar refractivity (Wildman–Crippen MR) is 54.9 cm³/mol. The van der Waals surface area contributed by atoms with Crippen LogP contribution in [0.4, 0.5) is 18.9 Å². The van der Waals surface area contributed by atoms with Crippen LogP contribution in [-0.2, 0) is 0 Å². The zero-order valence-corrected chi connectivity index (χ0v) is 9.39. The first-order valence-electron chi connectivity index (χ1n) is 4.08. The molecule has 0 atom stereocenters. The average molecular weight is 295 g/mol. The lowest BCUT2D eigenvalue weighted by atomic mass is 10.3. The number of ether oxygens (including phenoxy) is 1. The highest BCUT2D eigenvalue weighted by molar-refractivity contribution is 9.10. The second-order valence-corrected chi connectivity index (χ2v) is 3.62. The molecule has 0 amide bonds. The van der Waals surface area contributed by atoms with E-state index in [1.165, 1.54) is 12.1 Å². The molecule has 16 heavy (non-hydrogen) atoms. The Bertz CT molecular complexity index is 414. The fourth-order valence-electron chi connectivity index (χ4n) is 0.986. The maximum atomic E-state index is 12.0. The van der Waals surface area contributed by atoms with Gasteiger partial charge in [0.05, 0.1) is 11.8 Å². The third kappa shape index (κ3) is 3.98. The van der Waals surface area contributed by atoms with Crippen molar-refractivity contribution in [3.05, 3.63) is 22.7 Å². The van der Waals surface area contributed by atoms with Crippen LogP contribution in [0.1, 0.15) is 0 Å². The molecule has 0 bridgehead atoms. The Morgan fingerprint density at radius 1 is 1.44 bits per heavy atom. The lowest BCUT2D eigenvalue weighted by Gasteiger charge is -2.13. The molecule has 0 aromatic heterocycles. The maximum absolute atomic E-state index is 12.0. The monoisotopic (exact) mass is 294 g/mol. The fraction of sp³-hybridized carbons (Fsp3) is 0.222. The molecule has 0 aliphatic carbocycles. The highest BCUT2D eigenvalue weighted by Crippen LogP contribution is 2.32. The van der Waals surface area contributed by atoms with Crippen molar-refractivity contribution in [3.63, 3.8) is 0 Å². The molecule has 1 rings (SSSR count). The number of anilines is 1. The molecule has 1 aromatic carbocycles. The van der Waals surface area contributed by atoms with Gasteiger partial charge < -0.3 is 10.1 Å². The SMILES string of the molecule is N#CCNc1ccc(Br)cc1OC(F)(F)F. The molecule has 0 unspecified atom stereocenters. The Hall–Kier alpha value is -1.42. The van der Waals surface area contributed by atoms with Gasteiger partial charge in [-0.25, -0.2) is 0 Å². The summed E-state index contributed by atoms with van der Waals surface area (Å²) in [5, 5.41) is 10.8. The second kappa shape index (κ2) is 5.07. The van der Waals surface area contributed by atoms with E-state index in [1.807, 2.05) is 0 Å². The number of rotatable bonds is 3. The molecule has 86 valence electrons. The summed E-state index contributed by atoms with van der Waals surface area (Å²) in [6, 6.07) is 5.87. The predicted octanol–water partition coefficient (Wildman–Crippen LogP) is 3.28. The molecule has 0 spiro atoms. The van der Waals surface area contributed by atoms with E-state index in [9.17, 15) is 13.2 Å². The largest absolute Gasteiger partial charge is 0.573 e. The summed E-state index contributed by atoms with van der Waals surface area (Å²) in [4.78, 5) is 0. The highest BCUT2D eigenvalue weighted by atomic mass is 79.9. The molecule has 3 nitrogen and oxygen atoms in total. The summed E-state index contributed by atoms with van der Waals surface area (Å²) in [6.07, 6.45) is -4.76. The van der Waals surface area contributed by atoms with Crippen LogP contribution >= 0.6 is 15.9 Å². The minimum Gasteiger partial charge on any atom is -0.404 e. The van der Waals surface area contributed by atoms with Gasteiger partial charge in [-0.15, -0.1) is 13.2 Å². The van der Waals surface area contributed by atoms with Crippen molar-refractivity contribution in [2.24, 2.45) is 0 Å². The van der Waals surface area contributed by atoms with Gasteiger partial charge in [-0.1, -0.05) is 15.9 Å². The lowest BCUT2D eigenvalue weighted by molar-refractivity contribution is -0.274. The van der Waals surface area contributed by atoms with Gasteiger partial charge in [0.2, 0.25) is 0 Å². The number of nitriles is 1. The lowest BCUT2D eigenvalue weighted by Crippen LogP contribution is -2.18. The van der Waals surface area contributed by atoms with Crippen LogP contribution in [0.2, 0.25) is 0 Å². The molecule has 7 heteroatoms. The Labute approximate surface area is 97.9 Å². The standard InChI is InChI=1S/C9H6BrF3N2O/c10-6-1-2-7(15-4-3-14)8(5-6)16-9(11,12)13/h1-2,5,15H,4H2. The van der Waals surface area contributed by atoms with E-state index in [0.717, 1.165) is 0 Å². The van der Waals surface area contributed by atoms with Crippen molar-refractivity contribution in [3.8, 4) is 11.8 Å². The van der Waals surface area contributed by atoms with Gasteiger partial charge in [0.15, 0.2) is 5.75 Å².